The number of hydrogen-bond acceptors (Lipinski definition) is 6. The zero-order valence-electron chi connectivity index (χ0n) is 15.6. The van der Waals surface area contributed by atoms with Gasteiger partial charge in [-0.1, -0.05) is 17.7 Å². The largest absolute Gasteiger partial charge is 0.494 e. The summed E-state index contributed by atoms with van der Waals surface area (Å²) in [6, 6.07) is 7.17. The van der Waals surface area contributed by atoms with Crippen molar-refractivity contribution in [3.63, 3.8) is 0 Å². The molecule has 0 saturated carbocycles. The number of fused-ring (bicyclic) bond motifs is 1. The van der Waals surface area contributed by atoms with E-state index in [9.17, 15) is 8.78 Å². The smallest absolute Gasteiger partial charge is 0.295 e. The van der Waals surface area contributed by atoms with E-state index in [-0.39, 0.29) is 17.4 Å². The molecule has 0 aliphatic carbocycles. The number of halogens is 4. The molecular weight excluding hydrogens is 566 g/mol. The third-order valence-corrected chi connectivity index (χ3v) is 7.47. The first-order valence-corrected chi connectivity index (χ1v) is 13.8. The number of methoxy groups -OCH3 is 1. The van der Waals surface area contributed by atoms with Crippen molar-refractivity contribution in [2.24, 2.45) is 0 Å². The Labute approximate surface area is 194 Å². The first kappa shape index (κ1) is 21.6. The quantitative estimate of drug-likeness (QED) is 0.151. The van der Waals surface area contributed by atoms with Crippen molar-refractivity contribution in [1.29, 1.82) is 0 Å². The number of ether oxygens (including phenoxy) is 1. The molecule has 0 aliphatic heterocycles. The van der Waals surface area contributed by atoms with Crippen LogP contribution < -0.4 is 10.1 Å². The minimum absolute atomic E-state index is 0.00339. The van der Waals surface area contributed by atoms with Gasteiger partial charge in [-0.3, -0.25) is 4.34 Å². The number of alkyl halides is 2. The fourth-order valence-corrected chi connectivity index (χ4v) is 5.91. The molecule has 3 aromatic heterocycles. The lowest BCUT2D eigenvalue weighted by atomic mass is 10.1. The number of para-hydroxylation sites is 1. The van der Waals surface area contributed by atoms with Gasteiger partial charge in [-0.2, -0.15) is 0 Å². The summed E-state index contributed by atoms with van der Waals surface area (Å²) in [7, 11) is 1.57. The number of hydrogen-bond donors (Lipinski definition) is 1. The van der Waals surface area contributed by atoms with E-state index in [2.05, 4.69) is 20.3 Å². The van der Waals surface area contributed by atoms with E-state index in [1.54, 1.807) is 13.2 Å². The van der Waals surface area contributed by atoms with Gasteiger partial charge >= 0.3 is 0 Å². The highest BCUT2D eigenvalue weighted by Crippen LogP contribution is 2.42. The number of nitrogens with one attached hydrogen (secondary N) is 1. The number of aryl methyl sites for hydroxylation is 1. The summed E-state index contributed by atoms with van der Waals surface area (Å²) in [5.41, 5.74) is 3.46. The molecule has 4 rings (SSSR count). The SMILES string of the molecule is COc1c(Nc2cc(Cl)nc3c2nc(C(F)F)n3PI)cccc1-c1nc(C)cs1. The Kier molecular flexibility index (Phi) is 6.38. The topological polar surface area (TPSA) is 64.9 Å². The average Bonchev–Trinajstić information content (AvgIpc) is 3.31. The van der Waals surface area contributed by atoms with E-state index in [1.165, 1.54) is 15.7 Å². The van der Waals surface area contributed by atoms with Gasteiger partial charge in [-0.05, 0) is 41.1 Å². The van der Waals surface area contributed by atoms with Gasteiger partial charge in [-0.15, -0.1) is 11.3 Å². The van der Waals surface area contributed by atoms with Gasteiger partial charge in [0.1, 0.15) is 15.7 Å². The van der Waals surface area contributed by atoms with Gasteiger partial charge in [0.25, 0.3) is 6.43 Å². The van der Waals surface area contributed by atoms with Gasteiger partial charge in [0, 0.05) is 17.1 Å². The molecule has 6 nitrogen and oxygen atoms in total. The van der Waals surface area contributed by atoms with Gasteiger partial charge in [0.2, 0.25) is 0 Å². The number of aromatic nitrogens is 4. The van der Waals surface area contributed by atoms with E-state index in [0.29, 0.717) is 28.3 Å². The van der Waals surface area contributed by atoms with Crippen LogP contribution in [0.2, 0.25) is 5.15 Å². The van der Waals surface area contributed by atoms with E-state index < -0.39 is 6.43 Å². The average molecular weight is 580 g/mol. The van der Waals surface area contributed by atoms with E-state index in [4.69, 9.17) is 16.3 Å². The highest BCUT2D eigenvalue weighted by molar-refractivity contribution is 14.2. The molecule has 1 aromatic carbocycles. The van der Waals surface area contributed by atoms with E-state index in [0.717, 1.165) is 16.3 Å². The molecule has 1 N–H and O–H groups in total. The lowest BCUT2D eigenvalue weighted by Gasteiger charge is -2.14. The van der Waals surface area contributed by atoms with Gasteiger partial charge in [-0.25, -0.2) is 23.7 Å². The van der Waals surface area contributed by atoms with Crippen LogP contribution in [-0.4, -0.2) is 26.4 Å². The lowest BCUT2D eigenvalue weighted by Crippen LogP contribution is -1.98. The standard InChI is InChI=1S/C18H14ClF2IN5OPS/c1-8-7-30-18(23-8)9-4-3-5-10(14(9)28-2)24-11-6-12(19)25-16-13(11)26-17(15(20)21)27(16)29-22/h3-7,15,29H,1-2H3,(H,24,25). The van der Waals surface area contributed by atoms with Crippen LogP contribution in [-0.2, 0) is 0 Å². The van der Waals surface area contributed by atoms with Crippen LogP contribution in [0.1, 0.15) is 17.9 Å². The van der Waals surface area contributed by atoms with Crippen LogP contribution in [0, 0.1) is 6.92 Å². The van der Waals surface area contributed by atoms with Crippen molar-refractivity contribution in [3.8, 4) is 16.3 Å². The number of thiazole rings is 1. The molecule has 12 heteroatoms. The summed E-state index contributed by atoms with van der Waals surface area (Å²) in [6.07, 6.45) is -2.72. The third-order valence-electron chi connectivity index (χ3n) is 4.23. The fourth-order valence-electron chi connectivity index (χ4n) is 3.01. The highest BCUT2D eigenvalue weighted by atomic mass is 127. The summed E-state index contributed by atoms with van der Waals surface area (Å²) >= 11 is 9.72. The molecule has 30 heavy (non-hydrogen) atoms. The molecule has 0 saturated heterocycles. The summed E-state index contributed by atoms with van der Waals surface area (Å²) in [6.45, 7) is 1.93. The number of anilines is 2. The molecule has 4 aromatic rings. The molecular formula is C18H14ClF2IN5OPS. The number of rotatable bonds is 6. The number of imidazole rings is 1. The molecule has 0 amide bonds. The fraction of sp³-hybridized carbons (Fsp3) is 0.167. The maximum atomic E-state index is 13.5. The number of benzene rings is 1. The summed E-state index contributed by atoms with van der Waals surface area (Å²) in [5.74, 6) is 0.242. The van der Waals surface area contributed by atoms with Crippen molar-refractivity contribution in [2.75, 3.05) is 12.4 Å². The van der Waals surface area contributed by atoms with Crippen molar-refractivity contribution in [3.05, 3.63) is 46.3 Å². The van der Waals surface area contributed by atoms with E-state index >= 15 is 0 Å². The van der Waals surface area contributed by atoms with Crippen LogP contribution in [0.15, 0.2) is 29.6 Å². The van der Waals surface area contributed by atoms with Crippen molar-refractivity contribution < 1.29 is 13.5 Å². The summed E-state index contributed by atoms with van der Waals surface area (Å²) in [4.78, 5) is 12.9. The van der Waals surface area contributed by atoms with Gasteiger partial charge in [0.05, 0.1) is 30.4 Å². The molecule has 0 radical (unpaired) electrons. The second-order valence-corrected chi connectivity index (χ2v) is 9.47. The Morgan fingerprint density at radius 1 is 1.27 bits per heavy atom. The molecule has 1 atom stereocenters. The second-order valence-electron chi connectivity index (χ2n) is 6.16. The summed E-state index contributed by atoms with van der Waals surface area (Å²) in [5, 5.41) is 6.19. The molecule has 0 bridgehead atoms. The Morgan fingerprint density at radius 2 is 2.07 bits per heavy atom. The number of pyridine rings is 1. The first-order chi connectivity index (χ1) is 14.4. The minimum Gasteiger partial charge on any atom is -0.494 e. The second kappa shape index (κ2) is 8.86. The highest BCUT2D eigenvalue weighted by Gasteiger charge is 2.23. The first-order valence-electron chi connectivity index (χ1n) is 8.53. The third kappa shape index (κ3) is 3.98. The predicted molar refractivity (Wildman–Crippen MR) is 127 cm³/mol. The van der Waals surface area contributed by atoms with Crippen LogP contribution in [0.4, 0.5) is 20.2 Å². The van der Waals surface area contributed by atoms with Gasteiger partial charge in [0.15, 0.2) is 17.2 Å². The molecule has 3 heterocycles. The Bertz CT molecular complexity index is 1230. The zero-order valence-corrected chi connectivity index (χ0v) is 20.3. The summed E-state index contributed by atoms with van der Waals surface area (Å²) < 4.78 is 34.0. The molecule has 0 aliphatic rings. The Hall–Kier alpha value is -1.62. The lowest BCUT2D eigenvalue weighted by molar-refractivity contribution is 0.140. The van der Waals surface area contributed by atoms with E-state index in [1.807, 2.05) is 52.5 Å². The number of nitrogens with zero attached hydrogens (tertiary/aromatic N) is 4. The maximum Gasteiger partial charge on any atom is 0.295 e. The minimum atomic E-state index is -2.72. The predicted octanol–water partition coefficient (Wildman–Crippen LogP) is 7.00. The molecule has 0 spiro atoms. The Balaban J connectivity index is 1.85. The molecule has 156 valence electrons. The van der Waals surface area contributed by atoms with Crippen molar-refractivity contribution in [1.82, 2.24) is 19.3 Å². The maximum absolute atomic E-state index is 13.5. The van der Waals surface area contributed by atoms with Crippen LogP contribution in [0.3, 0.4) is 0 Å². The zero-order chi connectivity index (χ0) is 21.4. The van der Waals surface area contributed by atoms with Crippen molar-refractivity contribution >= 4 is 73.9 Å². The van der Waals surface area contributed by atoms with Gasteiger partial charge < -0.3 is 10.1 Å². The normalized spacial score (nSPS) is 11.8. The van der Waals surface area contributed by atoms with Crippen molar-refractivity contribution in [2.45, 2.75) is 13.3 Å². The van der Waals surface area contributed by atoms with Crippen LogP contribution in [0.5, 0.6) is 5.75 Å². The van der Waals surface area contributed by atoms with Crippen LogP contribution in [0.25, 0.3) is 21.7 Å². The molecule has 0 fully saturated rings. The Morgan fingerprint density at radius 3 is 2.70 bits per heavy atom. The monoisotopic (exact) mass is 579 g/mol. The van der Waals surface area contributed by atoms with Crippen LogP contribution >= 0.6 is 51.4 Å². The molecule has 1 unspecified atom stereocenters.